The van der Waals surface area contributed by atoms with Crippen LogP contribution in [0.5, 0.6) is 0 Å². The molecule has 0 N–H and O–H groups in total. The fraction of sp³-hybridized carbons (Fsp3) is 0.636. The first-order valence-corrected chi connectivity index (χ1v) is 12.6. The zero-order valence-electron chi connectivity index (χ0n) is 20.3. The zero-order valence-corrected chi connectivity index (χ0v) is 21.9. The van der Waals surface area contributed by atoms with E-state index in [4.69, 9.17) is 35.3 Å². The highest BCUT2D eigenvalue weighted by Crippen LogP contribution is 2.46. The molecule has 0 amide bonds. The van der Waals surface area contributed by atoms with Gasteiger partial charge in [0.1, 0.15) is 48.3 Å². The minimum absolute atomic E-state index is 0.0887. The van der Waals surface area contributed by atoms with Crippen LogP contribution in [0.3, 0.4) is 0 Å². The zero-order chi connectivity index (χ0) is 26.7. The van der Waals surface area contributed by atoms with Crippen molar-refractivity contribution in [2.75, 3.05) is 44.9 Å². The molecule has 13 nitrogen and oxygen atoms in total. The molecule has 198 valence electrons. The van der Waals surface area contributed by atoms with Gasteiger partial charge in [0.2, 0.25) is 0 Å². The number of halogens is 1. The monoisotopic (exact) mass is 552 g/mol. The number of carbonyl (C=O) groups excluding carboxylic acids is 2. The van der Waals surface area contributed by atoms with Gasteiger partial charge in [-0.05, 0) is 11.6 Å². The summed E-state index contributed by atoms with van der Waals surface area (Å²) in [4.78, 5) is 33.4. The van der Waals surface area contributed by atoms with E-state index in [1.165, 1.54) is 32.7 Å². The fourth-order valence-electron chi connectivity index (χ4n) is 4.57. The first-order chi connectivity index (χ1) is 17.7. The van der Waals surface area contributed by atoms with Gasteiger partial charge in [0.05, 0.1) is 28.5 Å². The van der Waals surface area contributed by atoms with Crippen molar-refractivity contribution in [3.8, 4) is 6.07 Å². The summed E-state index contributed by atoms with van der Waals surface area (Å²) in [6, 6.07) is 2.65. The van der Waals surface area contributed by atoms with Gasteiger partial charge in [0.15, 0.2) is 5.69 Å². The number of azide groups is 1. The number of methoxy groups -OCH3 is 1. The third-order valence-electron chi connectivity index (χ3n) is 6.27. The quantitative estimate of drug-likeness (QED) is 0.201. The lowest BCUT2D eigenvalue weighted by atomic mass is 9.78. The summed E-state index contributed by atoms with van der Waals surface area (Å²) in [7, 11) is 1.42. The van der Waals surface area contributed by atoms with Crippen molar-refractivity contribution in [3.63, 3.8) is 0 Å². The normalized spacial score (nSPS) is 27.8. The largest absolute Gasteiger partial charge is 0.463 e. The summed E-state index contributed by atoms with van der Waals surface area (Å²) >= 11 is 7.54. The van der Waals surface area contributed by atoms with Gasteiger partial charge in [-0.2, -0.15) is 5.26 Å². The van der Waals surface area contributed by atoms with Crippen molar-refractivity contribution in [1.29, 1.82) is 5.26 Å². The van der Waals surface area contributed by atoms with E-state index in [2.05, 4.69) is 15.0 Å². The highest BCUT2D eigenvalue weighted by atomic mass is 35.5. The lowest BCUT2D eigenvalue weighted by molar-refractivity contribution is -0.196. The van der Waals surface area contributed by atoms with Gasteiger partial charge >= 0.3 is 11.9 Å². The molecule has 0 saturated carbocycles. The smallest absolute Gasteiger partial charge is 0.303 e. The Labute approximate surface area is 221 Å². The van der Waals surface area contributed by atoms with E-state index in [0.717, 1.165) is 0 Å². The average molecular weight is 553 g/mol. The Morgan fingerprint density at radius 1 is 1.38 bits per heavy atom. The molecule has 3 saturated heterocycles. The molecule has 5 atom stereocenters. The summed E-state index contributed by atoms with van der Waals surface area (Å²) in [5.41, 5.74) is 8.62. The second-order valence-electron chi connectivity index (χ2n) is 9.03. The van der Waals surface area contributed by atoms with Gasteiger partial charge in [-0.15, -0.1) is 0 Å². The summed E-state index contributed by atoms with van der Waals surface area (Å²) < 4.78 is 27.8. The first-order valence-electron chi connectivity index (χ1n) is 11.3. The van der Waals surface area contributed by atoms with E-state index in [1.807, 2.05) is 11.0 Å². The predicted molar refractivity (Wildman–Crippen MR) is 130 cm³/mol. The molecule has 0 radical (unpaired) electrons. The number of hydrogen-bond donors (Lipinski definition) is 0. The van der Waals surface area contributed by atoms with Gasteiger partial charge in [-0.25, -0.2) is 4.98 Å². The number of aromatic nitrogens is 1. The number of nitrogens with zero attached hydrogens (tertiary/aromatic N) is 6. The van der Waals surface area contributed by atoms with Gasteiger partial charge in [-0.3, -0.25) is 9.59 Å². The minimum atomic E-state index is -1.06. The number of hydrogen-bond acceptors (Lipinski definition) is 12. The van der Waals surface area contributed by atoms with E-state index < -0.39 is 41.7 Å². The molecule has 0 aromatic carbocycles. The van der Waals surface area contributed by atoms with Crippen LogP contribution in [0.1, 0.15) is 19.5 Å². The lowest BCUT2D eigenvalue weighted by Crippen LogP contribution is -2.66. The molecule has 4 heterocycles. The Kier molecular flexibility index (Phi) is 8.33. The number of anilines is 1. The summed E-state index contributed by atoms with van der Waals surface area (Å²) in [6.45, 7) is 4.97. The predicted octanol–water partition coefficient (Wildman–Crippen LogP) is 2.45. The molecule has 1 aromatic heterocycles. The van der Waals surface area contributed by atoms with E-state index in [9.17, 15) is 20.4 Å². The summed E-state index contributed by atoms with van der Waals surface area (Å²) in [5, 5.41) is 13.5. The average Bonchev–Trinajstić information content (AvgIpc) is 2.78. The van der Waals surface area contributed by atoms with Crippen LogP contribution in [0.4, 0.5) is 5.82 Å². The third-order valence-corrected chi connectivity index (χ3v) is 7.72. The number of carbonyl (C=O) groups is 2. The minimum Gasteiger partial charge on any atom is -0.463 e. The number of pyridine rings is 1. The molecular formula is C22H25ClN6O7S. The Morgan fingerprint density at radius 3 is 2.65 bits per heavy atom. The second-order valence-corrected chi connectivity index (χ2v) is 10.6. The van der Waals surface area contributed by atoms with Crippen LogP contribution in [0.15, 0.2) is 16.1 Å². The Hall–Kier alpha value is -2.79. The molecule has 15 heteroatoms. The van der Waals surface area contributed by atoms with E-state index in [1.54, 1.807) is 6.07 Å². The number of thioether (sulfide) groups is 1. The molecule has 3 aliphatic heterocycles. The number of rotatable bonds is 8. The Balaban J connectivity index is 1.66. The first kappa shape index (κ1) is 27.3. The van der Waals surface area contributed by atoms with Crippen LogP contribution in [-0.2, 0) is 33.3 Å². The standard InChI is InChI=1S/C22H25ClN6O7S/c1-11(30)34-6-15-18(35-12(2)31)17(27-28-25)19(32-3)21(36-15)37-16-4-13(23)14(5-24)26-20(16)29-7-22(8-29)9-33-10-22/h4,15,17-19,21H,6-10H2,1-3H3/t15?,17?,18-,19-,21-/m0/s1. The molecule has 0 aliphatic carbocycles. The highest BCUT2D eigenvalue weighted by molar-refractivity contribution is 8.00. The molecule has 0 bridgehead atoms. The molecule has 4 rings (SSSR count). The molecule has 1 spiro atoms. The van der Waals surface area contributed by atoms with Crippen LogP contribution >= 0.6 is 23.4 Å². The highest BCUT2D eigenvalue weighted by Gasteiger charge is 2.51. The summed E-state index contributed by atoms with van der Waals surface area (Å²) in [6.07, 6.45) is -2.87. The Morgan fingerprint density at radius 2 is 2.11 bits per heavy atom. The van der Waals surface area contributed by atoms with Gasteiger partial charge in [-0.1, -0.05) is 28.5 Å². The number of ether oxygens (including phenoxy) is 5. The molecule has 2 unspecified atom stereocenters. The van der Waals surface area contributed by atoms with Crippen molar-refractivity contribution >= 4 is 41.1 Å². The van der Waals surface area contributed by atoms with Crippen LogP contribution in [0.25, 0.3) is 10.4 Å². The molecule has 37 heavy (non-hydrogen) atoms. The van der Waals surface area contributed by atoms with Crippen molar-refractivity contribution in [2.45, 2.75) is 48.5 Å². The molecule has 3 fully saturated rings. The van der Waals surface area contributed by atoms with Crippen molar-refractivity contribution in [2.24, 2.45) is 10.5 Å². The van der Waals surface area contributed by atoms with Crippen molar-refractivity contribution in [1.82, 2.24) is 4.98 Å². The Bertz CT molecular complexity index is 1150. The topological polar surface area (TPSA) is 169 Å². The lowest BCUT2D eigenvalue weighted by Gasteiger charge is -2.55. The number of esters is 2. The van der Waals surface area contributed by atoms with Gasteiger partial charge < -0.3 is 28.6 Å². The molecule has 1 aromatic rings. The van der Waals surface area contributed by atoms with Gasteiger partial charge in [0.25, 0.3) is 0 Å². The van der Waals surface area contributed by atoms with E-state index in [0.29, 0.717) is 37.0 Å². The molecule has 3 aliphatic rings. The second kappa shape index (κ2) is 11.3. The van der Waals surface area contributed by atoms with Crippen molar-refractivity contribution < 1.29 is 33.3 Å². The van der Waals surface area contributed by atoms with Crippen molar-refractivity contribution in [3.05, 3.63) is 27.2 Å². The maximum atomic E-state index is 11.8. The van der Waals surface area contributed by atoms with E-state index in [-0.39, 0.29) is 22.7 Å². The van der Waals surface area contributed by atoms with E-state index >= 15 is 0 Å². The van der Waals surface area contributed by atoms with Crippen LogP contribution < -0.4 is 4.90 Å². The van der Waals surface area contributed by atoms with Crippen LogP contribution in [-0.4, -0.2) is 86.7 Å². The van der Waals surface area contributed by atoms with Gasteiger partial charge in [0, 0.05) is 39.0 Å². The maximum Gasteiger partial charge on any atom is 0.303 e. The fourth-order valence-corrected chi connectivity index (χ4v) is 6.15. The maximum absolute atomic E-state index is 11.8. The third kappa shape index (κ3) is 5.72. The van der Waals surface area contributed by atoms with Crippen LogP contribution in [0, 0.1) is 16.7 Å². The SMILES string of the molecule is CO[C@H]1C(N=[N+]=[N-])[C@@H](OC(C)=O)C(COC(C)=O)O[C@H]1Sc1cc(Cl)c(C#N)nc1N1CC2(COC2)C1. The number of nitriles is 1. The van der Waals surface area contributed by atoms with Crippen LogP contribution in [0.2, 0.25) is 5.02 Å². The summed E-state index contributed by atoms with van der Waals surface area (Å²) in [5.74, 6) is -0.626. The molecular weight excluding hydrogens is 528 g/mol.